The van der Waals surface area contributed by atoms with Crippen LogP contribution < -0.4 is 0 Å². The van der Waals surface area contributed by atoms with Gasteiger partial charge in [-0.1, -0.05) is 24.6 Å². The summed E-state index contributed by atoms with van der Waals surface area (Å²) >= 11 is 0. The first-order chi connectivity index (χ1) is 6.00. The van der Waals surface area contributed by atoms with Crippen molar-refractivity contribution >= 4 is 9.84 Å². The number of fused-ring (bicyclic) bond motifs is 1. The highest BCUT2D eigenvalue weighted by Crippen LogP contribution is 2.34. The molecule has 0 fully saturated rings. The standard InChI is InChI=1S/C10H12O2S/c1-7-3-4-10-9(5-7)8(2)6-13(10,11)12/h3-5,8H,6H2,1-2H3/t8-/m0/s1. The number of sulfone groups is 1. The quantitative estimate of drug-likeness (QED) is 0.635. The second-order valence-corrected chi connectivity index (χ2v) is 5.73. The van der Waals surface area contributed by atoms with Gasteiger partial charge in [0.05, 0.1) is 10.6 Å². The van der Waals surface area contributed by atoms with Crippen molar-refractivity contribution in [3.8, 4) is 0 Å². The highest BCUT2D eigenvalue weighted by Gasteiger charge is 2.31. The number of hydrogen-bond acceptors (Lipinski definition) is 2. The lowest BCUT2D eigenvalue weighted by Gasteiger charge is -2.02. The van der Waals surface area contributed by atoms with Gasteiger partial charge < -0.3 is 0 Å². The second kappa shape index (κ2) is 2.58. The van der Waals surface area contributed by atoms with E-state index >= 15 is 0 Å². The third-order valence-corrected chi connectivity index (χ3v) is 4.48. The minimum Gasteiger partial charge on any atom is -0.224 e. The predicted molar refractivity (Wildman–Crippen MR) is 51.6 cm³/mol. The number of benzene rings is 1. The molecule has 2 nitrogen and oxygen atoms in total. The third kappa shape index (κ3) is 1.27. The molecule has 0 spiro atoms. The maximum absolute atomic E-state index is 11.6. The van der Waals surface area contributed by atoms with Gasteiger partial charge in [-0.3, -0.25) is 0 Å². The van der Waals surface area contributed by atoms with Gasteiger partial charge in [-0.15, -0.1) is 0 Å². The zero-order valence-corrected chi connectivity index (χ0v) is 8.56. The predicted octanol–water partition coefficient (Wildman–Crippen LogP) is 1.89. The first-order valence-electron chi connectivity index (χ1n) is 4.34. The summed E-state index contributed by atoms with van der Waals surface area (Å²) in [7, 11) is -2.97. The summed E-state index contributed by atoms with van der Waals surface area (Å²) in [6.07, 6.45) is 0. The lowest BCUT2D eigenvalue weighted by Crippen LogP contribution is -2.00. The summed E-state index contributed by atoms with van der Waals surface area (Å²) in [5, 5.41) is 0. The lowest BCUT2D eigenvalue weighted by atomic mass is 10.0. The average Bonchev–Trinajstić information content (AvgIpc) is 2.22. The van der Waals surface area contributed by atoms with E-state index in [1.54, 1.807) is 6.07 Å². The van der Waals surface area contributed by atoms with Gasteiger partial charge in [0.25, 0.3) is 0 Å². The van der Waals surface area contributed by atoms with Crippen LogP contribution in [0.15, 0.2) is 23.1 Å². The van der Waals surface area contributed by atoms with Gasteiger partial charge >= 0.3 is 0 Å². The highest BCUT2D eigenvalue weighted by molar-refractivity contribution is 7.91. The molecule has 70 valence electrons. The normalized spacial score (nSPS) is 24.3. The Balaban J connectivity index is 2.73. The van der Waals surface area contributed by atoms with Crippen LogP contribution >= 0.6 is 0 Å². The van der Waals surface area contributed by atoms with Gasteiger partial charge in [0.1, 0.15) is 0 Å². The molecule has 0 radical (unpaired) electrons. The van der Waals surface area contributed by atoms with Gasteiger partial charge in [0.15, 0.2) is 9.84 Å². The molecule has 13 heavy (non-hydrogen) atoms. The molecule has 0 saturated heterocycles. The van der Waals surface area contributed by atoms with Crippen molar-refractivity contribution in [1.82, 2.24) is 0 Å². The summed E-state index contributed by atoms with van der Waals surface area (Å²) in [5.74, 6) is 0.422. The van der Waals surface area contributed by atoms with E-state index in [1.807, 2.05) is 26.0 Å². The Labute approximate surface area is 78.5 Å². The maximum atomic E-state index is 11.6. The van der Waals surface area contributed by atoms with Crippen molar-refractivity contribution in [3.05, 3.63) is 29.3 Å². The molecule has 0 aliphatic carbocycles. The fourth-order valence-corrected chi connectivity index (χ4v) is 3.76. The van der Waals surface area contributed by atoms with E-state index in [2.05, 4.69) is 0 Å². The van der Waals surface area contributed by atoms with Crippen molar-refractivity contribution in [2.24, 2.45) is 0 Å². The van der Waals surface area contributed by atoms with E-state index < -0.39 is 9.84 Å². The fourth-order valence-electron chi connectivity index (χ4n) is 1.84. The van der Waals surface area contributed by atoms with E-state index in [4.69, 9.17) is 0 Å². The van der Waals surface area contributed by atoms with Gasteiger partial charge in [-0.05, 0) is 24.5 Å². The Hall–Kier alpha value is -0.830. The molecule has 1 atom stereocenters. The smallest absolute Gasteiger partial charge is 0.179 e. The Morgan fingerprint density at radius 3 is 2.77 bits per heavy atom. The third-order valence-electron chi connectivity index (χ3n) is 2.50. The minimum absolute atomic E-state index is 0.153. The molecule has 0 saturated carbocycles. The molecule has 0 bridgehead atoms. The lowest BCUT2D eigenvalue weighted by molar-refractivity contribution is 0.598. The summed E-state index contributed by atoms with van der Waals surface area (Å²) in [4.78, 5) is 0.533. The number of rotatable bonds is 0. The van der Waals surface area contributed by atoms with E-state index in [9.17, 15) is 8.42 Å². The van der Waals surface area contributed by atoms with Gasteiger partial charge in [0, 0.05) is 0 Å². The molecular formula is C10H12O2S. The Kier molecular flexibility index (Phi) is 1.74. The van der Waals surface area contributed by atoms with E-state index in [-0.39, 0.29) is 11.7 Å². The summed E-state index contributed by atoms with van der Waals surface area (Å²) < 4.78 is 23.1. The molecule has 1 aromatic carbocycles. The molecule has 1 heterocycles. The SMILES string of the molecule is Cc1ccc2c(c1)[C@@H](C)CS2(=O)=O. The fraction of sp³-hybridized carbons (Fsp3) is 0.400. The van der Waals surface area contributed by atoms with Crippen LogP contribution in [-0.4, -0.2) is 14.2 Å². The minimum atomic E-state index is -2.97. The molecule has 0 aromatic heterocycles. The maximum Gasteiger partial charge on any atom is 0.179 e. The van der Waals surface area contributed by atoms with Gasteiger partial charge in [0.2, 0.25) is 0 Å². The van der Waals surface area contributed by atoms with Crippen LogP contribution in [0.4, 0.5) is 0 Å². The first-order valence-corrected chi connectivity index (χ1v) is 5.99. The van der Waals surface area contributed by atoms with Crippen LogP contribution in [0.5, 0.6) is 0 Å². The van der Waals surface area contributed by atoms with Crippen molar-refractivity contribution in [2.75, 3.05) is 5.75 Å². The monoisotopic (exact) mass is 196 g/mol. The molecule has 0 unspecified atom stereocenters. The molecule has 3 heteroatoms. The zero-order chi connectivity index (χ0) is 9.64. The van der Waals surface area contributed by atoms with Gasteiger partial charge in [-0.25, -0.2) is 8.42 Å². The topological polar surface area (TPSA) is 34.1 Å². The van der Waals surface area contributed by atoms with E-state index in [0.29, 0.717) is 4.90 Å². The van der Waals surface area contributed by atoms with Crippen LogP contribution in [0.25, 0.3) is 0 Å². The first kappa shape index (κ1) is 8.75. The van der Waals surface area contributed by atoms with Crippen molar-refractivity contribution in [1.29, 1.82) is 0 Å². The van der Waals surface area contributed by atoms with E-state index in [1.165, 1.54) is 0 Å². The molecule has 1 aliphatic rings. The molecule has 2 rings (SSSR count). The highest BCUT2D eigenvalue weighted by atomic mass is 32.2. The summed E-state index contributed by atoms with van der Waals surface area (Å²) in [6.45, 7) is 3.95. The Morgan fingerprint density at radius 1 is 1.38 bits per heavy atom. The zero-order valence-electron chi connectivity index (χ0n) is 7.74. The Bertz CT molecular complexity index is 446. The molecule has 0 amide bonds. The van der Waals surface area contributed by atoms with Crippen LogP contribution in [0.3, 0.4) is 0 Å². The van der Waals surface area contributed by atoms with Crippen molar-refractivity contribution < 1.29 is 8.42 Å². The van der Waals surface area contributed by atoms with Crippen LogP contribution in [0.1, 0.15) is 24.0 Å². The number of aryl methyl sites for hydroxylation is 1. The van der Waals surface area contributed by atoms with Gasteiger partial charge in [-0.2, -0.15) is 0 Å². The molecule has 1 aliphatic heterocycles. The van der Waals surface area contributed by atoms with Crippen molar-refractivity contribution in [3.63, 3.8) is 0 Å². The van der Waals surface area contributed by atoms with E-state index in [0.717, 1.165) is 11.1 Å². The molecule has 0 N–H and O–H groups in total. The largest absolute Gasteiger partial charge is 0.224 e. The average molecular weight is 196 g/mol. The van der Waals surface area contributed by atoms with Crippen molar-refractivity contribution in [2.45, 2.75) is 24.7 Å². The number of hydrogen-bond donors (Lipinski definition) is 0. The molecule has 1 aromatic rings. The van der Waals surface area contributed by atoms with Crippen LogP contribution in [0.2, 0.25) is 0 Å². The van der Waals surface area contributed by atoms with Crippen LogP contribution in [-0.2, 0) is 9.84 Å². The summed E-state index contributed by atoms with van der Waals surface area (Å²) in [6, 6.07) is 5.56. The summed E-state index contributed by atoms with van der Waals surface area (Å²) in [5.41, 5.74) is 2.11. The molecular weight excluding hydrogens is 184 g/mol. The van der Waals surface area contributed by atoms with Crippen LogP contribution in [0, 0.1) is 6.92 Å². The second-order valence-electron chi connectivity index (χ2n) is 3.72. The Morgan fingerprint density at radius 2 is 2.08 bits per heavy atom.